The Morgan fingerprint density at radius 2 is 2.10 bits per heavy atom. The van der Waals surface area contributed by atoms with Gasteiger partial charge in [-0.15, -0.1) is 11.3 Å². The molecule has 2 fully saturated rings. The van der Waals surface area contributed by atoms with Gasteiger partial charge in [0.05, 0.1) is 10.6 Å². The van der Waals surface area contributed by atoms with Gasteiger partial charge in [-0.25, -0.2) is 0 Å². The fourth-order valence-electron chi connectivity index (χ4n) is 2.75. The number of amides is 1. The van der Waals surface area contributed by atoms with Gasteiger partial charge in [0.15, 0.2) is 5.69 Å². The molecular formula is C15H17N3OS. The van der Waals surface area contributed by atoms with Gasteiger partial charge in [-0.05, 0) is 55.0 Å². The molecule has 0 aliphatic heterocycles. The lowest BCUT2D eigenvalue weighted by molar-refractivity contribution is 0.0921. The summed E-state index contributed by atoms with van der Waals surface area (Å²) >= 11 is 1.64. The maximum atomic E-state index is 12.3. The van der Waals surface area contributed by atoms with Crippen molar-refractivity contribution in [3.8, 4) is 10.6 Å². The third-order valence-corrected chi connectivity index (χ3v) is 5.06. The molecule has 20 heavy (non-hydrogen) atoms. The Morgan fingerprint density at radius 3 is 2.70 bits per heavy atom. The van der Waals surface area contributed by atoms with E-state index in [-0.39, 0.29) is 5.91 Å². The molecule has 2 aliphatic carbocycles. The van der Waals surface area contributed by atoms with Gasteiger partial charge in [-0.3, -0.25) is 9.89 Å². The largest absolute Gasteiger partial charge is 0.347 e. The van der Waals surface area contributed by atoms with Crippen LogP contribution in [0, 0.1) is 11.8 Å². The van der Waals surface area contributed by atoms with Crippen molar-refractivity contribution in [1.29, 1.82) is 0 Å². The predicted molar refractivity (Wildman–Crippen MR) is 78.6 cm³/mol. The molecule has 4 rings (SSSR count). The van der Waals surface area contributed by atoms with Crippen molar-refractivity contribution in [1.82, 2.24) is 15.5 Å². The minimum absolute atomic E-state index is 0.0344. The van der Waals surface area contributed by atoms with Gasteiger partial charge >= 0.3 is 0 Å². The Balaban J connectivity index is 1.48. The quantitative estimate of drug-likeness (QED) is 0.888. The minimum Gasteiger partial charge on any atom is -0.347 e. The van der Waals surface area contributed by atoms with Gasteiger partial charge < -0.3 is 5.32 Å². The van der Waals surface area contributed by atoms with Crippen LogP contribution in [-0.4, -0.2) is 22.1 Å². The van der Waals surface area contributed by atoms with Crippen LogP contribution in [-0.2, 0) is 0 Å². The first kappa shape index (κ1) is 12.1. The number of hydrogen-bond donors (Lipinski definition) is 2. The fraction of sp³-hybridized carbons (Fsp3) is 0.467. The molecule has 2 aliphatic rings. The first-order chi connectivity index (χ1) is 9.81. The van der Waals surface area contributed by atoms with E-state index < -0.39 is 0 Å². The summed E-state index contributed by atoms with van der Waals surface area (Å²) in [5.74, 6) is 1.39. The normalized spacial score (nSPS) is 18.4. The van der Waals surface area contributed by atoms with Crippen LogP contribution in [0.1, 0.15) is 36.2 Å². The second kappa shape index (κ2) is 4.74. The molecule has 2 heterocycles. The number of hydrogen-bond acceptors (Lipinski definition) is 3. The van der Waals surface area contributed by atoms with Crippen LogP contribution in [0.2, 0.25) is 0 Å². The number of aromatic amines is 1. The highest BCUT2D eigenvalue weighted by Gasteiger charge is 2.42. The van der Waals surface area contributed by atoms with Gasteiger partial charge in [0.2, 0.25) is 0 Å². The van der Waals surface area contributed by atoms with Crippen LogP contribution < -0.4 is 5.32 Å². The van der Waals surface area contributed by atoms with E-state index in [1.807, 2.05) is 23.6 Å². The second-order valence-corrected chi connectivity index (χ2v) is 6.77. The Bertz CT molecular complexity index is 599. The first-order valence-corrected chi connectivity index (χ1v) is 8.09. The van der Waals surface area contributed by atoms with Crippen LogP contribution in [0.15, 0.2) is 23.6 Å². The van der Waals surface area contributed by atoms with E-state index in [1.165, 1.54) is 25.7 Å². The van der Waals surface area contributed by atoms with Crippen LogP contribution in [0.5, 0.6) is 0 Å². The molecular weight excluding hydrogens is 270 g/mol. The molecule has 0 spiro atoms. The standard InChI is InChI=1S/C15H17N3OS/c19-15(16-14(9-3-4-9)10-5-6-10)12-8-11(17-18-12)13-2-1-7-20-13/h1-2,7-10,14H,3-6H2,(H,16,19)(H,17,18). The number of rotatable bonds is 5. The van der Waals surface area contributed by atoms with E-state index in [2.05, 4.69) is 15.5 Å². The van der Waals surface area contributed by atoms with Crippen molar-refractivity contribution in [3.63, 3.8) is 0 Å². The van der Waals surface area contributed by atoms with E-state index in [4.69, 9.17) is 0 Å². The molecule has 0 saturated heterocycles. The smallest absolute Gasteiger partial charge is 0.272 e. The molecule has 4 nitrogen and oxygen atoms in total. The number of aromatic nitrogens is 2. The van der Waals surface area contributed by atoms with Crippen LogP contribution in [0.3, 0.4) is 0 Å². The lowest BCUT2D eigenvalue weighted by Gasteiger charge is -2.16. The molecule has 104 valence electrons. The summed E-state index contributed by atoms with van der Waals surface area (Å²) in [5, 5.41) is 12.3. The van der Waals surface area contributed by atoms with Crippen LogP contribution >= 0.6 is 11.3 Å². The fourth-order valence-corrected chi connectivity index (χ4v) is 3.45. The van der Waals surface area contributed by atoms with E-state index in [9.17, 15) is 4.79 Å². The molecule has 2 aromatic heterocycles. The maximum absolute atomic E-state index is 12.3. The Hall–Kier alpha value is -1.62. The SMILES string of the molecule is O=C(NC(C1CC1)C1CC1)c1cc(-c2cccs2)[nH]n1. The summed E-state index contributed by atoms with van der Waals surface area (Å²) < 4.78 is 0. The first-order valence-electron chi connectivity index (χ1n) is 7.21. The zero-order valence-electron chi connectivity index (χ0n) is 11.1. The lowest BCUT2D eigenvalue weighted by Crippen LogP contribution is -2.38. The van der Waals surface area contributed by atoms with E-state index >= 15 is 0 Å². The molecule has 5 heteroatoms. The van der Waals surface area contributed by atoms with Crippen molar-refractivity contribution in [3.05, 3.63) is 29.3 Å². The summed E-state index contributed by atoms with van der Waals surface area (Å²) in [6.07, 6.45) is 5.07. The summed E-state index contributed by atoms with van der Waals surface area (Å²) in [7, 11) is 0. The average Bonchev–Trinajstić information content (AvgIpc) is 3.36. The molecule has 0 aromatic carbocycles. The Labute approximate surface area is 121 Å². The number of carbonyl (C=O) groups is 1. The molecule has 2 saturated carbocycles. The molecule has 2 N–H and O–H groups in total. The lowest BCUT2D eigenvalue weighted by atomic mass is 10.1. The van der Waals surface area contributed by atoms with Crippen molar-refractivity contribution in [2.24, 2.45) is 11.8 Å². The zero-order valence-corrected chi connectivity index (χ0v) is 12.0. The minimum atomic E-state index is -0.0344. The van der Waals surface area contributed by atoms with Crippen molar-refractivity contribution in [2.45, 2.75) is 31.7 Å². The van der Waals surface area contributed by atoms with Crippen molar-refractivity contribution in [2.75, 3.05) is 0 Å². The molecule has 1 amide bonds. The number of H-pyrrole nitrogens is 1. The zero-order chi connectivity index (χ0) is 13.5. The van der Waals surface area contributed by atoms with Crippen molar-refractivity contribution < 1.29 is 4.79 Å². The van der Waals surface area contributed by atoms with Crippen molar-refractivity contribution >= 4 is 17.2 Å². The summed E-state index contributed by atoms with van der Waals surface area (Å²) in [6.45, 7) is 0. The maximum Gasteiger partial charge on any atom is 0.272 e. The highest BCUT2D eigenvalue weighted by Crippen LogP contribution is 2.44. The Kier molecular flexibility index (Phi) is 2.88. The average molecular weight is 287 g/mol. The molecule has 0 radical (unpaired) electrons. The van der Waals surface area contributed by atoms with Gasteiger partial charge in [-0.2, -0.15) is 5.10 Å². The summed E-state index contributed by atoms with van der Waals surface area (Å²) in [5.41, 5.74) is 1.42. The number of nitrogens with zero attached hydrogens (tertiary/aromatic N) is 1. The van der Waals surface area contributed by atoms with Crippen LogP contribution in [0.25, 0.3) is 10.6 Å². The van der Waals surface area contributed by atoms with E-state index in [0.29, 0.717) is 23.6 Å². The number of nitrogens with one attached hydrogen (secondary N) is 2. The van der Waals surface area contributed by atoms with Crippen LogP contribution in [0.4, 0.5) is 0 Å². The molecule has 0 unspecified atom stereocenters. The molecule has 0 atom stereocenters. The monoisotopic (exact) mass is 287 g/mol. The number of thiophene rings is 1. The summed E-state index contributed by atoms with van der Waals surface area (Å²) in [4.78, 5) is 13.4. The molecule has 2 aromatic rings. The summed E-state index contributed by atoms with van der Waals surface area (Å²) in [6, 6.07) is 6.25. The highest BCUT2D eigenvalue weighted by molar-refractivity contribution is 7.13. The molecule has 0 bridgehead atoms. The van der Waals surface area contributed by atoms with E-state index in [0.717, 1.165) is 10.6 Å². The topological polar surface area (TPSA) is 57.8 Å². The van der Waals surface area contributed by atoms with Gasteiger partial charge in [0.25, 0.3) is 5.91 Å². The van der Waals surface area contributed by atoms with Gasteiger partial charge in [0.1, 0.15) is 0 Å². The van der Waals surface area contributed by atoms with E-state index in [1.54, 1.807) is 11.3 Å². The predicted octanol–water partition coefficient (Wildman–Crippen LogP) is 3.06. The number of carbonyl (C=O) groups excluding carboxylic acids is 1. The second-order valence-electron chi connectivity index (χ2n) is 5.82. The third-order valence-electron chi connectivity index (χ3n) is 4.15. The highest BCUT2D eigenvalue weighted by atomic mass is 32.1. The Morgan fingerprint density at radius 1 is 1.35 bits per heavy atom. The third kappa shape index (κ3) is 2.38. The van der Waals surface area contributed by atoms with Gasteiger partial charge in [0, 0.05) is 6.04 Å². The van der Waals surface area contributed by atoms with Gasteiger partial charge in [-0.1, -0.05) is 6.07 Å².